The average molecular weight is 360 g/mol. The van der Waals surface area contributed by atoms with Crippen LogP contribution in [0.5, 0.6) is 0 Å². The van der Waals surface area contributed by atoms with E-state index < -0.39 is 0 Å². The van der Waals surface area contributed by atoms with Gasteiger partial charge in [-0.05, 0) is 59.4 Å². The molecule has 0 spiro atoms. The number of amides is 1. The van der Waals surface area contributed by atoms with Gasteiger partial charge in [0.05, 0.1) is 6.04 Å². The Morgan fingerprint density at radius 1 is 1.04 bits per heavy atom. The first-order valence-corrected chi connectivity index (χ1v) is 9.24. The second-order valence-corrected chi connectivity index (χ2v) is 6.85. The molecule has 0 unspecified atom stereocenters. The van der Waals surface area contributed by atoms with E-state index >= 15 is 0 Å². The lowest BCUT2D eigenvalue weighted by molar-refractivity contribution is -0.133. The number of nitrogens with zero attached hydrogens (tertiary/aromatic N) is 2. The van der Waals surface area contributed by atoms with Crippen LogP contribution in [0.2, 0.25) is 0 Å². The first-order chi connectivity index (χ1) is 13.2. The molecule has 2 aromatic carbocycles. The second kappa shape index (κ2) is 7.70. The molecule has 0 aliphatic carbocycles. The topological polar surface area (TPSA) is 33.2 Å². The van der Waals surface area contributed by atoms with Crippen molar-refractivity contribution in [2.75, 3.05) is 6.54 Å². The van der Waals surface area contributed by atoms with Crippen molar-refractivity contribution in [3.63, 3.8) is 0 Å². The fourth-order valence-corrected chi connectivity index (χ4v) is 3.78. The van der Waals surface area contributed by atoms with Gasteiger partial charge in [0, 0.05) is 25.4 Å². The molecule has 4 rings (SSSR count). The lowest BCUT2D eigenvalue weighted by atomic mass is 9.88. The monoisotopic (exact) mass is 360 g/mol. The number of halogens is 1. The number of benzene rings is 2. The fourth-order valence-electron chi connectivity index (χ4n) is 3.78. The van der Waals surface area contributed by atoms with Crippen LogP contribution in [0, 0.1) is 5.82 Å². The molecule has 1 aromatic heterocycles. The molecule has 3 aromatic rings. The van der Waals surface area contributed by atoms with Crippen LogP contribution in [0.25, 0.3) is 0 Å². The third-order valence-electron chi connectivity index (χ3n) is 5.17. The summed E-state index contributed by atoms with van der Waals surface area (Å²) in [5.41, 5.74) is 4.44. The van der Waals surface area contributed by atoms with E-state index in [1.165, 1.54) is 17.7 Å². The van der Waals surface area contributed by atoms with Gasteiger partial charge in [-0.2, -0.15) is 0 Å². The summed E-state index contributed by atoms with van der Waals surface area (Å²) in [6, 6.07) is 18.4. The Labute approximate surface area is 158 Å². The van der Waals surface area contributed by atoms with Crippen LogP contribution in [0.15, 0.2) is 73.1 Å². The molecule has 0 fully saturated rings. The minimum absolute atomic E-state index is 0.121. The third kappa shape index (κ3) is 3.75. The van der Waals surface area contributed by atoms with Gasteiger partial charge < -0.3 is 4.90 Å². The number of pyridine rings is 1. The Balaban J connectivity index is 1.62. The lowest BCUT2D eigenvalue weighted by Gasteiger charge is -2.38. The number of hydrogen-bond acceptors (Lipinski definition) is 2. The van der Waals surface area contributed by atoms with E-state index in [9.17, 15) is 9.18 Å². The molecule has 0 saturated carbocycles. The molecule has 1 aliphatic heterocycles. The SMILES string of the molecule is O=C(CCc1ccncc1)N1CCc2ccccc2[C@@H]1c1ccc(F)cc1. The van der Waals surface area contributed by atoms with Crippen LogP contribution in [-0.2, 0) is 17.6 Å². The van der Waals surface area contributed by atoms with Crippen molar-refractivity contribution in [1.82, 2.24) is 9.88 Å². The molecule has 136 valence electrons. The van der Waals surface area contributed by atoms with E-state index in [4.69, 9.17) is 0 Å². The predicted octanol–water partition coefficient (Wildman–Crippen LogP) is 4.33. The maximum Gasteiger partial charge on any atom is 0.223 e. The standard InChI is InChI=1S/C23H21FN2O/c24-20-8-6-19(7-9-20)23-21-4-2-1-3-18(21)13-16-26(23)22(27)10-5-17-11-14-25-15-12-17/h1-4,6-9,11-12,14-15,23H,5,10,13,16H2/t23-/m0/s1. The zero-order valence-corrected chi connectivity index (χ0v) is 15.0. The molecule has 0 saturated heterocycles. The quantitative estimate of drug-likeness (QED) is 0.694. The van der Waals surface area contributed by atoms with Crippen LogP contribution in [0.3, 0.4) is 0 Å². The predicted molar refractivity (Wildman–Crippen MR) is 103 cm³/mol. The van der Waals surface area contributed by atoms with Gasteiger partial charge in [-0.15, -0.1) is 0 Å². The summed E-state index contributed by atoms with van der Waals surface area (Å²) in [5, 5.41) is 0. The molecule has 27 heavy (non-hydrogen) atoms. The highest BCUT2D eigenvalue weighted by molar-refractivity contribution is 5.78. The van der Waals surface area contributed by atoms with Crippen molar-refractivity contribution in [1.29, 1.82) is 0 Å². The summed E-state index contributed by atoms with van der Waals surface area (Å²) in [6.45, 7) is 0.675. The average Bonchev–Trinajstić information content (AvgIpc) is 2.72. The van der Waals surface area contributed by atoms with Gasteiger partial charge in [0.2, 0.25) is 5.91 Å². The van der Waals surface area contributed by atoms with Crippen molar-refractivity contribution < 1.29 is 9.18 Å². The van der Waals surface area contributed by atoms with E-state index in [1.54, 1.807) is 24.5 Å². The highest BCUT2D eigenvalue weighted by Gasteiger charge is 2.31. The van der Waals surface area contributed by atoms with Gasteiger partial charge in [0.15, 0.2) is 0 Å². The smallest absolute Gasteiger partial charge is 0.223 e. The van der Waals surface area contributed by atoms with Gasteiger partial charge in [-0.3, -0.25) is 9.78 Å². The zero-order valence-electron chi connectivity index (χ0n) is 15.0. The molecule has 4 heteroatoms. The molecule has 0 N–H and O–H groups in total. The summed E-state index contributed by atoms with van der Waals surface area (Å²) < 4.78 is 13.4. The Kier molecular flexibility index (Phi) is 4.97. The van der Waals surface area contributed by atoms with Crippen LogP contribution in [0.4, 0.5) is 4.39 Å². The van der Waals surface area contributed by atoms with Gasteiger partial charge in [0.1, 0.15) is 5.82 Å². The maximum absolute atomic E-state index is 13.4. The molecule has 2 heterocycles. The summed E-state index contributed by atoms with van der Waals surface area (Å²) in [5.74, 6) is -0.144. The second-order valence-electron chi connectivity index (χ2n) is 6.85. The van der Waals surface area contributed by atoms with Gasteiger partial charge >= 0.3 is 0 Å². The molecule has 3 nitrogen and oxygen atoms in total. The largest absolute Gasteiger partial charge is 0.331 e. The number of carbonyl (C=O) groups is 1. The normalized spacial score (nSPS) is 16.0. The zero-order chi connectivity index (χ0) is 18.6. The Morgan fingerprint density at radius 3 is 2.56 bits per heavy atom. The molecule has 0 bridgehead atoms. The molecule has 1 atom stereocenters. The maximum atomic E-state index is 13.4. The van der Waals surface area contributed by atoms with Crippen LogP contribution < -0.4 is 0 Å². The number of rotatable bonds is 4. The van der Waals surface area contributed by atoms with Crippen molar-refractivity contribution in [3.8, 4) is 0 Å². The Bertz CT molecular complexity index is 925. The van der Waals surface area contributed by atoms with Crippen molar-refractivity contribution in [2.45, 2.75) is 25.3 Å². The van der Waals surface area contributed by atoms with E-state index in [0.717, 1.165) is 23.1 Å². The third-order valence-corrected chi connectivity index (χ3v) is 5.17. The number of aromatic nitrogens is 1. The van der Waals surface area contributed by atoms with E-state index in [0.29, 0.717) is 19.4 Å². The van der Waals surface area contributed by atoms with E-state index in [-0.39, 0.29) is 17.8 Å². The fraction of sp³-hybridized carbons (Fsp3) is 0.217. The van der Waals surface area contributed by atoms with E-state index in [1.807, 2.05) is 29.2 Å². The van der Waals surface area contributed by atoms with Gasteiger partial charge in [-0.25, -0.2) is 4.39 Å². The number of hydrogen-bond donors (Lipinski definition) is 0. The Hall–Kier alpha value is -3.01. The van der Waals surface area contributed by atoms with E-state index in [2.05, 4.69) is 17.1 Å². The molecule has 1 amide bonds. The van der Waals surface area contributed by atoms with Crippen LogP contribution in [0.1, 0.15) is 34.7 Å². The highest BCUT2D eigenvalue weighted by atomic mass is 19.1. The summed E-state index contributed by atoms with van der Waals surface area (Å²) in [6.07, 6.45) is 5.48. The van der Waals surface area contributed by atoms with Crippen molar-refractivity contribution >= 4 is 5.91 Å². The first kappa shape index (κ1) is 17.4. The first-order valence-electron chi connectivity index (χ1n) is 9.24. The summed E-state index contributed by atoms with van der Waals surface area (Å²) >= 11 is 0. The molecular formula is C23H21FN2O. The Morgan fingerprint density at radius 2 is 1.78 bits per heavy atom. The minimum Gasteiger partial charge on any atom is -0.331 e. The van der Waals surface area contributed by atoms with Crippen molar-refractivity contribution in [3.05, 3.63) is 101 Å². The van der Waals surface area contributed by atoms with Gasteiger partial charge in [-0.1, -0.05) is 36.4 Å². The number of fused-ring (bicyclic) bond motifs is 1. The van der Waals surface area contributed by atoms with Gasteiger partial charge in [0.25, 0.3) is 0 Å². The number of carbonyl (C=O) groups excluding carboxylic acids is 1. The highest BCUT2D eigenvalue weighted by Crippen LogP contribution is 2.35. The lowest BCUT2D eigenvalue weighted by Crippen LogP contribution is -2.40. The summed E-state index contributed by atoms with van der Waals surface area (Å²) in [7, 11) is 0. The minimum atomic E-state index is -0.265. The molecule has 1 aliphatic rings. The van der Waals surface area contributed by atoms with Crippen molar-refractivity contribution in [2.24, 2.45) is 0 Å². The number of aryl methyl sites for hydroxylation is 1. The molecule has 0 radical (unpaired) electrons. The van der Waals surface area contributed by atoms with Crippen LogP contribution >= 0.6 is 0 Å². The molecular weight excluding hydrogens is 339 g/mol. The van der Waals surface area contributed by atoms with Crippen LogP contribution in [-0.4, -0.2) is 22.3 Å². The summed E-state index contributed by atoms with van der Waals surface area (Å²) in [4.78, 5) is 19.0.